The zero-order valence-corrected chi connectivity index (χ0v) is 13.6. The summed E-state index contributed by atoms with van der Waals surface area (Å²) in [5.41, 5.74) is 1.19. The number of para-hydroxylation sites is 1. The van der Waals surface area contributed by atoms with Crippen LogP contribution < -0.4 is 4.74 Å². The standard InChI is InChI=1S/C16H16BrN3O2/c17-12-7-18-20(8-12)13-9-19(10-13)16(21)15-6-5-11-3-1-2-4-14(11)22-15/h1-4,7-8,13,15H,5-6,9-10H2. The molecule has 0 radical (unpaired) electrons. The summed E-state index contributed by atoms with van der Waals surface area (Å²) in [6.07, 6.45) is 5.02. The van der Waals surface area contributed by atoms with Crippen molar-refractivity contribution in [2.75, 3.05) is 13.1 Å². The highest BCUT2D eigenvalue weighted by Gasteiger charge is 2.37. The SMILES string of the molecule is O=C(C1CCc2ccccc2O1)N1CC(n2cc(Br)cn2)C1. The van der Waals surface area contributed by atoms with Gasteiger partial charge in [-0.25, -0.2) is 0 Å². The van der Waals surface area contributed by atoms with Crippen LogP contribution in [0.3, 0.4) is 0 Å². The quantitative estimate of drug-likeness (QED) is 0.825. The molecule has 2 aliphatic heterocycles. The molecule has 3 heterocycles. The molecule has 0 N–H and O–H groups in total. The maximum atomic E-state index is 12.5. The smallest absolute Gasteiger partial charge is 0.263 e. The summed E-state index contributed by atoms with van der Waals surface area (Å²) in [7, 11) is 0. The number of benzene rings is 1. The summed E-state index contributed by atoms with van der Waals surface area (Å²) < 4.78 is 8.74. The van der Waals surface area contributed by atoms with E-state index in [-0.39, 0.29) is 18.1 Å². The van der Waals surface area contributed by atoms with E-state index in [1.165, 1.54) is 5.56 Å². The molecular formula is C16H16BrN3O2. The maximum Gasteiger partial charge on any atom is 0.263 e. The first kappa shape index (κ1) is 13.8. The van der Waals surface area contributed by atoms with E-state index in [0.29, 0.717) is 13.1 Å². The summed E-state index contributed by atoms with van der Waals surface area (Å²) in [6.45, 7) is 1.41. The highest BCUT2D eigenvalue weighted by molar-refractivity contribution is 9.10. The largest absolute Gasteiger partial charge is 0.480 e. The Morgan fingerprint density at radius 1 is 1.32 bits per heavy atom. The Labute approximate surface area is 137 Å². The van der Waals surface area contributed by atoms with Gasteiger partial charge in [-0.15, -0.1) is 0 Å². The first-order chi connectivity index (χ1) is 10.7. The van der Waals surface area contributed by atoms with Crippen molar-refractivity contribution in [2.45, 2.75) is 25.0 Å². The number of nitrogens with zero attached hydrogens (tertiary/aromatic N) is 3. The maximum absolute atomic E-state index is 12.5. The highest BCUT2D eigenvalue weighted by Crippen LogP contribution is 2.30. The molecule has 1 aromatic carbocycles. The number of rotatable bonds is 2. The summed E-state index contributed by atoms with van der Waals surface area (Å²) in [4.78, 5) is 14.4. The fourth-order valence-electron chi connectivity index (χ4n) is 3.02. The van der Waals surface area contributed by atoms with Gasteiger partial charge in [-0.1, -0.05) is 18.2 Å². The van der Waals surface area contributed by atoms with E-state index < -0.39 is 0 Å². The van der Waals surface area contributed by atoms with E-state index in [1.807, 2.05) is 34.0 Å². The number of carbonyl (C=O) groups excluding carboxylic acids is 1. The normalized spacial score (nSPS) is 21.0. The van der Waals surface area contributed by atoms with Gasteiger partial charge in [0, 0.05) is 19.3 Å². The Morgan fingerprint density at radius 2 is 2.14 bits per heavy atom. The molecule has 1 aromatic heterocycles. The molecule has 5 nitrogen and oxygen atoms in total. The third-order valence-electron chi connectivity index (χ3n) is 4.31. The van der Waals surface area contributed by atoms with Crippen LogP contribution in [-0.4, -0.2) is 39.8 Å². The lowest BCUT2D eigenvalue weighted by Crippen LogP contribution is -2.55. The third-order valence-corrected chi connectivity index (χ3v) is 4.72. The first-order valence-corrected chi connectivity index (χ1v) is 8.23. The van der Waals surface area contributed by atoms with E-state index in [9.17, 15) is 4.79 Å². The Morgan fingerprint density at radius 3 is 2.91 bits per heavy atom. The molecule has 2 aromatic rings. The van der Waals surface area contributed by atoms with Crippen LogP contribution in [0.1, 0.15) is 18.0 Å². The van der Waals surface area contributed by atoms with E-state index in [1.54, 1.807) is 6.20 Å². The third kappa shape index (κ3) is 2.41. The molecule has 4 rings (SSSR count). The van der Waals surface area contributed by atoms with Crippen LogP contribution in [0.2, 0.25) is 0 Å². The summed E-state index contributed by atoms with van der Waals surface area (Å²) >= 11 is 3.39. The minimum Gasteiger partial charge on any atom is -0.480 e. The zero-order valence-electron chi connectivity index (χ0n) is 12.0. The van der Waals surface area contributed by atoms with Gasteiger partial charge in [0.05, 0.1) is 16.7 Å². The molecule has 6 heteroatoms. The minimum absolute atomic E-state index is 0.0944. The molecule has 2 aliphatic rings. The van der Waals surface area contributed by atoms with Crippen LogP contribution in [0, 0.1) is 0 Å². The number of hydrogen-bond acceptors (Lipinski definition) is 3. The predicted molar refractivity (Wildman–Crippen MR) is 84.7 cm³/mol. The van der Waals surface area contributed by atoms with Gasteiger partial charge in [0.25, 0.3) is 5.91 Å². The van der Waals surface area contributed by atoms with Gasteiger partial charge in [0.1, 0.15) is 5.75 Å². The molecule has 0 saturated carbocycles. The van der Waals surface area contributed by atoms with Crippen molar-refractivity contribution >= 4 is 21.8 Å². The number of halogens is 1. The average Bonchev–Trinajstić information content (AvgIpc) is 2.91. The van der Waals surface area contributed by atoms with Gasteiger partial charge < -0.3 is 9.64 Å². The Balaban J connectivity index is 1.38. The second-order valence-corrected chi connectivity index (χ2v) is 6.70. The second kappa shape index (κ2) is 5.43. The lowest BCUT2D eigenvalue weighted by atomic mass is 10.00. The molecular weight excluding hydrogens is 346 g/mol. The summed E-state index contributed by atoms with van der Waals surface area (Å²) in [5.74, 6) is 0.942. The molecule has 1 amide bonds. The molecule has 1 saturated heterocycles. The van der Waals surface area contributed by atoms with Crippen molar-refractivity contribution in [3.05, 3.63) is 46.7 Å². The summed E-state index contributed by atoms with van der Waals surface area (Å²) in [5, 5.41) is 4.27. The van der Waals surface area contributed by atoms with Crippen LogP contribution in [0.5, 0.6) is 5.75 Å². The predicted octanol–water partition coefficient (Wildman–Crippen LogP) is 2.42. The molecule has 0 spiro atoms. The molecule has 0 bridgehead atoms. The topological polar surface area (TPSA) is 47.4 Å². The van der Waals surface area contributed by atoms with E-state index in [4.69, 9.17) is 4.74 Å². The van der Waals surface area contributed by atoms with Gasteiger partial charge in [-0.05, 0) is 40.4 Å². The molecule has 22 heavy (non-hydrogen) atoms. The first-order valence-electron chi connectivity index (χ1n) is 7.44. The molecule has 1 atom stereocenters. The number of aryl methyl sites for hydroxylation is 1. The Hall–Kier alpha value is -1.82. The van der Waals surface area contributed by atoms with Crippen molar-refractivity contribution in [3.63, 3.8) is 0 Å². The molecule has 1 unspecified atom stereocenters. The molecule has 114 valence electrons. The fraction of sp³-hybridized carbons (Fsp3) is 0.375. The Kier molecular flexibility index (Phi) is 3.41. The lowest BCUT2D eigenvalue weighted by molar-refractivity contribution is -0.145. The average molecular weight is 362 g/mol. The van der Waals surface area contributed by atoms with Crippen molar-refractivity contribution in [1.82, 2.24) is 14.7 Å². The lowest BCUT2D eigenvalue weighted by Gasteiger charge is -2.41. The monoisotopic (exact) mass is 361 g/mol. The van der Waals surface area contributed by atoms with Gasteiger partial charge in [0.2, 0.25) is 0 Å². The van der Waals surface area contributed by atoms with Crippen molar-refractivity contribution in [1.29, 1.82) is 0 Å². The van der Waals surface area contributed by atoms with Crippen molar-refractivity contribution in [3.8, 4) is 5.75 Å². The highest BCUT2D eigenvalue weighted by atomic mass is 79.9. The van der Waals surface area contributed by atoms with Crippen LogP contribution in [-0.2, 0) is 11.2 Å². The van der Waals surface area contributed by atoms with Gasteiger partial charge in [0.15, 0.2) is 6.10 Å². The minimum atomic E-state index is -0.347. The van der Waals surface area contributed by atoms with Crippen LogP contribution in [0.15, 0.2) is 41.1 Å². The van der Waals surface area contributed by atoms with Gasteiger partial charge in [-0.3, -0.25) is 9.48 Å². The number of likely N-dealkylation sites (tertiary alicyclic amines) is 1. The van der Waals surface area contributed by atoms with Crippen molar-refractivity contribution in [2.24, 2.45) is 0 Å². The van der Waals surface area contributed by atoms with Crippen molar-refractivity contribution < 1.29 is 9.53 Å². The molecule has 1 fully saturated rings. The number of hydrogen-bond donors (Lipinski definition) is 0. The van der Waals surface area contributed by atoms with Crippen LogP contribution >= 0.6 is 15.9 Å². The molecule has 0 aliphatic carbocycles. The summed E-state index contributed by atoms with van der Waals surface area (Å²) in [6, 6.07) is 8.22. The number of fused-ring (bicyclic) bond motifs is 1. The van der Waals surface area contributed by atoms with Gasteiger partial charge >= 0.3 is 0 Å². The number of carbonyl (C=O) groups is 1. The van der Waals surface area contributed by atoms with E-state index >= 15 is 0 Å². The zero-order chi connectivity index (χ0) is 15.1. The second-order valence-electron chi connectivity index (χ2n) is 5.79. The Bertz CT molecular complexity index is 709. The fourth-order valence-corrected chi connectivity index (χ4v) is 3.32. The van der Waals surface area contributed by atoms with Crippen LogP contribution in [0.4, 0.5) is 0 Å². The van der Waals surface area contributed by atoms with Gasteiger partial charge in [-0.2, -0.15) is 5.10 Å². The number of aromatic nitrogens is 2. The van der Waals surface area contributed by atoms with E-state index in [0.717, 1.165) is 23.1 Å². The number of ether oxygens (including phenoxy) is 1. The van der Waals surface area contributed by atoms with E-state index in [2.05, 4.69) is 27.1 Å². The van der Waals surface area contributed by atoms with Crippen LogP contribution in [0.25, 0.3) is 0 Å². The number of amides is 1.